The van der Waals surface area contributed by atoms with Crippen LogP contribution in [0.1, 0.15) is 25.0 Å². The van der Waals surface area contributed by atoms with E-state index >= 15 is 0 Å². The van der Waals surface area contributed by atoms with Gasteiger partial charge < -0.3 is 19.7 Å². The van der Waals surface area contributed by atoms with Gasteiger partial charge in [0.05, 0.1) is 7.11 Å². The Kier molecular flexibility index (Phi) is 10.7. The normalized spacial score (nSPS) is 11.6. The predicted molar refractivity (Wildman–Crippen MR) is 147 cm³/mol. The monoisotopic (exact) mass is 542 g/mol. The maximum atomic E-state index is 13.6. The fourth-order valence-corrected chi connectivity index (χ4v) is 4.18. The molecule has 0 bridgehead atoms. The third-order valence-electron chi connectivity index (χ3n) is 5.73. The van der Waals surface area contributed by atoms with Crippen LogP contribution in [-0.4, -0.2) is 43.0 Å². The Morgan fingerprint density at radius 3 is 2.24 bits per heavy atom. The zero-order valence-electron chi connectivity index (χ0n) is 21.2. The van der Waals surface area contributed by atoms with E-state index in [0.717, 1.165) is 5.56 Å². The second kappa shape index (κ2) is 13.9. The van der Waals surface area contributed by atoms with E-state index in [-0.39, 0.29) is 30.9 Å². The van der Waals surface area contributed by atoms with Crippen molar-refractivity contribution in [3.05, 3.63) is 94.0 Å². The Bertz CT molecular complexity index is 1170. The van der Waals surface area contributed by atoms with Crippen molar-refractivity contribution in [2.75, 3.05) is 20.3 Å². The van der Waals surface area contributed by atoms with Crippen LogP contribution in [0.3, 0.4) is 0 Å². The lowest BCUT2D eigenvalue weighted by molar-refractivity contribution is -0.142. The number of nitrogens with zero attached hydrogens (tertiary/aromatic N) is 1. The maximum Gasteiger partial charge on any atom is 0.261 e. The third kappa shape index (κ3) is 8.69. The molecule has 3 rings (SSSR count). The number of rotatable bonds is 12. The molecule has 1 atom stereocenters. The highest BCUT2D eigenvalue weighted by atomic mass is 35.5. The minimum atomic E-state index is -0.778. The van der Waals surface area contributed by atoms with Crippen LogP contribution in [0.2, 0.25) is 10.0 Å². The summed E-state index contributed by atoms with van der Waals surface area (Å²) in [6.07, 6.45) is 0.338. The van der Waals surface area contributed by atoms with Gasteiger partial charge in [-0.15, -0.1) is 0 Å². The van der Waals surface area contributed by atoms with Crippen molar-refractivity contribution >= 4 is 35.0 Å². The van der Waals surface area contributed by atoms with Gasteiger partial charge in [0.15, 0.2) is 6.61 Å². The van der Waals surface area contributed by atoms with Gasteiger partial charge in [0.25, 0.3) is 5.91 Å². The number of halogens is 2. The molecule has 0 spiro atoms. The first kappa shape index (κ1) is 28.4. The van der Waals surface area contributed by atoms with E-state index in [1.165, 1.54) is 4.90 Å². The minimum Gasteiger partial charge on any atom is -0.497 e. The Balaban J connectivity index is 1.91. The van der Waals surface area contributed by atoms with Crippen molar-refractivity contribution in [1.82, 2.24) is 10.2 Å². The van der Waals surface area contributed by atoms with Crippen LogP contribution in [0.4, 0.5) is 0 Å². The van der Waals surface area contributed by atoms with E-state index < -0.39 is 6.04 Å². The molecule has 1 N–H and O–H groups in total. The van der Waals surface area contributed by atoms with E-state index in [1.807, 2.05) is 44.2 Å². The zero-order valence-corrected chi connectivity index (χ0v) is 22.8. The van der Waals surface area contributed by atoms with Crippen molar-refractivity contribution in [3.8, 4) is 11.5 Å². The number of ether oxygens (including phenoxy) is 2. The SMILES string of the molecule is COc1ccc(OCC(=O)N(Cc2ccc(Cl)cc2Cl)[C@H](Cc2ccccc2)C(=O)NCC(C)C)cc1. The van der Waals surface area contributed by atoms with Gasteiger partial charge in [-0.05, 0) is 53.4 Å². The molecule has 0 saturated heterocycles. The lowest BCUT2D eigenvalue weighted by atomic mass is 10.0. The molecule has 0 aliphatic heterocycles. The number of amides is 2. The lowest BCUT2D eigenvalue weighted by Crippen LogP contribution is -2.52. The largest absolute Gasteiger partial charge is 0.497 e. The highest BCUT2D eigenvalue weighted by molar-refractivity contribution is 6.35. The van der Waals surface area contributed by atoms with Crippen molar-refractivity contribution in [3.63, 3.8) is 0 Å². The molecule has 196 valence electrons. The van der Waals surface area contributed by atoms with E-state index in [4.69, 9.17) is 32.7 Å². The van der Waals surface area contributed by atoms with Crippen LogP contribution in [0, 0.1) is 5.92 Å². The van der Waals surface area contributed by atoms with Gasteiger partial charge in [-0.1, -0.05) is 73.4 Å². The average molecular weight is 543 g/mol. The summed E-state index contributed by atoms with van der Waals surface area (Å²) in [5.74, 6) is 0.877. The first-order valence-corrected chi connectivity index (χ1v) is 12.8. The molecule has 8 heteroatoms. The summed E-state index contributed by atoms with van der Waals surface area (Å²) in [7, 11) is 1.58. The first-order chi connectivity index (χ1) is 17.8. The number of hydrogen-bond acceptors (Lipinski definition) is 4. The van der Waals surface area contributed by atoms with E-state index in [0.29, 0.717) is 40.1 Å². The molecule has 0 unspecified atom stereocenters. The number of nitrogens with one attached hydrogen (secondary N) is 1. The molecule has 0 saturated carbocycles. The van der Waals surface area contributed by atoms with Crippen molar-refractivity contribution in [2.24, 2.45) is 5.92 Å². The zero-order chi connectivity index (χ0) is 26.8. The summed E-state index contributed by atoms with van der Waals surface area (Å²) >= 11 is 12.5. The fraction of sp³-hybridized carbons (Fsp3) is 0.310. The summed E-state index contributed by atoms with van der Waals surface area (Å²) in [4.78, 5) is 28.6. The number of hydrogen-bond donors (Lipinski definition) is 1. The van der Waals surface area contributed by atoms with Crippen LogP contribution >= 0.6 is 23.2 Å². The van der Waals surface area contributed by atoms with Crippen LogP contribution in [0.5, 0.6) is 11.5 Å². The van der Waals surface area contributed by atoms with Crippen molar-refractivity contribution < 1.29 is 19.1 Å². The Labute approximate surface area is 228 Å². The highest BCUT2D eigenvalue weighted by Crippen LogP contribution is 2.24. The van der Waals surface area contributed by atoms with Gasteiger partial charge >= 0.3 is 0 Å². The predicted octanol–water partition coefficient (Wildman–Crippen LogP) is 5.79. The fourth-order valence-electron chi connectivity index (χ4n) is 3.71. The second-order valence-corrected chi connectivity index (χ2v) is 9.91. The molecule has 2 amide bonds. The standard InChI is InChI=1S/C29H32Cl2N2O4/c1-20(2)17-32-29(35)27(15-21-7-5-4-6-8-21)33(18-22-9-10-23(30)16-26(22)31)28(34)19-37-25-13-11-24(36-3)12-14-25/h4-14,16,20,27H,15,17-19H2,1-3H3,(H,32,35)/t27-/m1/s1. The van der Waals surface area contributed by atoms with Crippen LogP contribution in [0.15, 0.2) is 72.8 Å². The maximum absolute atomic E-state index is 13.6. The summed E-state index contributed by atoms with van der Waals surface area (Å²) in [5.41, 5.74) is 1.61. The van der Waals surface area contributed by atoms with Crippen molar-refractivity contribution in [2.45, 2.75) is 32.9 Å². The molecule has 3 aromatic rings. The third-order valence-corrected chi connectivity index (χ3v) is 6.32. The highest BCUT2D eigenvalue weighted by Gasteiger charge is 2.31. The molecule has 0 radical (unpaired) electrons. The summed E-state index contributed by atoms with van der Waals surface area (Å²) < 4.78 is 11.0. The Hall–Kier alpha value is -3.22. The van der Waals surface area contributed by atoms with Gasteiger partial charge in [-0.2, -0.15) is 0 Å². The molecule has 6 nitrogen and oxygen atoms in total. The van der Waals surface area contributed by atoms with E-state index in [9.17, 15) is 9.59 Å². The molecule has 0 aromatic heterocycles. The summed E-state index contributed by atoms with van der Waals surface area (Å²) in [5, 5.41) is 3.90. The quantitative estimate of drug-likeness (QED) is 0.314. The molecule has 0 fully saturated rings. The van der Waals surface area contributed by atoms with Gasteiger partial charge in [0.2, 0.25) is 5.91 Å². The second-order valence-electron chi connectivity index (χ2n) is 9.07. The van der Waals surface area contributed by atoms with Crippen LogP contribution in [-0.2, 0) is 22.6 Å². The number of carbonyl (C=O) groups is 2. The smallest absolute Gasteiger partial charge is 0.261 e. The molecule has 37 heavy (non-hydrogen) atoms. The Morgan fingerprint density at radius 1 is 0.946 bits per heavy atom. The van der Waals surface area contributed by atoms with E-state index in [1.54, 1.807) is 49.6 Å². The number of carbonyl (C=O) groups excluding carboxylic acids is 2. The summed E-state index contributed by atoms with van der Waals surface area (Å²) in [6.45, 7) is 4.40. The van der Waals surface area contributed by atoms with Crippen LogP contribution in [0.25, 0.3) is 0 Å². The lowest BCUT2D eigenvalue weighted by Gasteiger charge is -2.32. The van der Waals surface area contributed by atoms with Gasteiger partial charge in [-0.3, -0.25) is 9.59 Å². The molecule has 0 heterocycles. The molecule has 0 aliphatic carbocycles. The van der Waals surface area contributed by atoms with Crippen molar-refractivity contribution in [1.29, 1.82) is 0 Å². The van der Waals surface area contributed by atoms with Gasteiger partial charge in [0.1, 0.15) is 17.5 Å². The van der Waals surface area contributed by atoms with Gasteiger partial charge in [-0.25, -0.2) is 0 Å². The van der Waals surface area contributed by atoms with Crippen LogP contribution < -0.4 is 14.8 Å². The molecule has 3 aromatic carbocycles. The minimum absolute atomic E-state index is 0.118. The van der Waals surface area contributed by atoms with E-state index in [2.05, 4.69) is 5.32 Å². The molecule has 0 aliphatic rings. The van der Waals surface area contributed by atoms with Gasteiger partial charge in [0, 0.05) is 29.6 Å². The number of methoxy groups -OCH3 is 1. The summed E-state index contributed by atoms with van der Waals surface area (Å²) in [6, 6.07) is 20.9. The topological polar surface area (TPSA) is 67.9 Å². The molecular weight excluding hydrogens is 511 g/mol. The Morgan fingerprint density at radius 2 is 1.62 bits per heavy atom. The number of benzene rings is 3. The first-order valence-electron chi connectivity index (χ1n) is 12.1. The average Bonchev–Trinajstić information content (AvgIpc) is 2.89. The molecular formula is C29H32Cl2N2O4.